The molecule has 2 saturated heterocycles. The number of nitrogens with zero attached hydrogens (tertiary/aromatic N) is 5. The van der Waals surface area contributed by atoms with Crippen LogP contribution in [0.3, 0.4) is 0 Å². The Bertz CT molecular complexity index is 2420. The number of alkyl carbamates (subject to hydrolysis) is 2. The number of amides is 4. The number of carbonyl (C=O) groups is 4. The molecule has 2 unspecified atom stereocenters. The van der Waals surface area contributed by atoms with Gasteiger partial charge in [0.1, 0.15) is 23.7 Å². The molecule has 0 spiro atoms. The molecule has 15 nitrogen and oxygen atoms in total. The number of imidazole rings is 2. The van der Waals surface area contributed by atoms with E-state index in [0.29, 0.717) is 13.1 Å². The Balaban J connectivity index is 1.06. The molecule has 2 aliphatic heterocycles. The fourth-order valence-corrected chi connectivity index (χ4v) is 8.89. The zero-order valence-electron chi connectivity index (χ0n) is 35.0. The highest BCUT2D eigenvalue weighted by Crippen LogP contribution is 2.37. The minimum Gasteiger partial charge on any atom is -0.453 e. The SMILES string of the molecule is COC(=O)N[C@H](C(=O)N1CCCCC1c1nc2ccc3cc(-c4cc5ccc6nc(C7CCCCN7C(=O)[C@@H](NC(=O)OC)C(C)C)[nH]c6c5cn4)ccc3c2[nH]1)C(C)C. The van der Waals surface area contributed by atoms with Gasteiger partial charge in [-0.25, -0.2) is 19.6 Å². The maximum Gasteiger partial charge on any atom is 0.407 e. The van der Waals surface area contributed by atoms with Crippen LogP contribution in [-0.2, 0) is 19.1 Å². The van der Waals surface area contributed by atoms with Crippen LogP contribution in [0.5, 0.6) is 0 Å². The number of methoxy groups -OCH3 is 2. The molecule has 4 amide bonds. The van der Waals surface area contributed by atoms with Crippen molar-refractivity contribution < 1.29 is 28.7 Å². The molecule has 2 aliphatic rings. The average Bonchev–Trinajstić information content (AvgIpc) is 3.92. The van der Waals surface area contributed by atoms with E-state index in [1.54, 1.807) is 0 Å². The topological polar surface area (TPSA) is 188 Å². The minimum atomic E-state index is -0.712. The first-order chi connectivity index (χ1) is 28.9. The minimum absolute atomic E-state index is 0.122. The zero-order chi connectivity index (χ0) is 42.2. The van der Waals surface area contributed by atoms with Gasteiger partial charge in [0.05, 0.1) is 54.1 Å². The van der Waals surface area contributed by atoms with Gasteiger partial charge in [-0.1, -0.05) is 52.0 Å². The summed E-state index contributed by atoms with van der Waals surface area (Å²) >= 11 is 0. The first-order valence-corrected chi connectivity index (χ1v) is 21.0. The van der Waals surface area contributed by atoms with E-state index >= 15 is 0 Å². The number of carbonyl (C=O) groups excluding carboxylic acids is 4. The largest absolute Gasteiger partial charge is 0.453 e. The zero-order valence-corrected chi connectivity index (χ0v) is 35.0. The molecule has 15 heteroatoms. The molecule has 4 N–H and O–H groups in total. The number of H-pyrrole nitrogens is 2. The Morgan fingerprint density at radius 1 is 0.667 bits per heavy atom. The number of likely N-dealkylation sites (tertiary alicyclic amines) is 2. The predicted octanol–water partition coefficient (Wildman–Crippen LogP) is 7.68. The van der Waals surface area contributed by atoms with Gasteiger partial charge in [-0.05, 0) is 85.4 Å². The van der Waals surface area contributed by atoms with Crippen molar-refractivity contribution in [3.8, 4) is 11.3 Å². The summed E-state index contributed by atoms with van der Waals surface area (Å²) in [6.45, 7) is 8.80. The van der Waals surface area contributed by atoms with Crippen LogP contribution < -0.4 is 10.6 Å². The van der Waals surface area contributed by atoms with Gasteiger partial charge in [-0.3, -0.25) is 14.6 Å². The van der Waals surface area contributed by atoms with E-state index in [1.807, 2.05) is 55.8 Å². The van der Waals surface area contributed by atoms with Crippen LogP contribution in [0.4, 0.5) is 9.59 Å². The summed E-state index contributed by atoms with van der Waals surface area (Å²) in [7, 11) is 2.59. The standard InChI is InChI=1S/C45H53N9O6/c1-24(2)36(51-44(57)59-5)42(55)53-19-9-7-11-34(53)40-47-31-17-14-26-21-28(13-16-29(26)38(31)49-40)33-22-27-15-18-32-39(30(27)23-46-33)50-41(48-32)35-12-8-10-20-54(35)43(56)37(25(3)4)52-45(58)60-6/h13-18,21-25,34-37H,7-12,19-20H2,1-6H3,(H,47,49)(H,48,50)(H,51,57)(H,52,58)/t34?,35?,36-,37-/m0/s1. The third kappa shape index (κ3) is 7.68. The second-order valence-corrected chi connectivity index (χ2v) is 16.7. The number of piperidine rings is 2. The lowest BCUT2D eigenvalue weighted by Gasteiger charge is -2.37. The fraction of sp³-hybridized carbons (Fsp3) is 0.444. The number of hydrogen-bond donors (Lipinski definition) is 4. The van der Waals surface area contributed by atoms with E-state index in [9.17, 15) is 19.2 Å². The molecule has 0 saturated carbocycles. The lowest BCUT2D eigenvalue weighted by atomic mass is 9.97. The Hall–Kier alpha value is -6.25. The molecule has 3 aromatic carbocycles. The van der Waals surface area contributed by atoms with Crippen molar-refractivity contribution in [1.29, 1.82) is 0 Å². The number of aromatic nitrogens is 5. The van der Waals surface area contributed by atoms with Crippen LogP contribution >= 0.6 is 0 Å². The first-order valence-electron chi connectivity index (χ1n) is 21.0. The normalized spacial score (nSPS) is 18.3. The van der Waals surface area contributed by atoms with Gasteiger partial charge >= 0.3 is 12.2 Å². The quantitative estimate of drug-likeness (QED) is 0.114. The number of pyridine rings is 1. The van der Waals surface area contributed by atoms with Crippen molar-refractivity contribution in [2.75, 3.05) is 27.3 Å². The predicted molar refractivity (Wildman–Crippen MR) is 229 cm³/mol. The monoisotopic (exact) mass is 815 g/mol. The fourth-order valence-electron chi connectivity index (χ4n) is 8.89. The number of fused-ring (bicyclic) bond motifs is 6. The Morgan fingerprint density at radius 2 is 1.17 bits per heavy atom. The smallest absolute Gasteiger partial charge is 0.407 e. The number of benzene rings is 3. The van der Waals surface area contributed by atoms with Crippen molar-refractivity contribution in [2.45, 2.75) is 90.4 Å². The molecule has 314 valence electrons. The summed E-state index contributed by atoms with van der Waals surface area (Å²) in [4.78, 5) is 77.7. The van der Waals surface area contributed by atoms with Crippen LogP contribution in [0.2, 0.25) is 0 Å². The van der Waals surface area contributed by atoms with E-state index in [1.165, 1.54) is 14.2 Å². The molecule has 6 aromatic rings. The van der Waals surface area contributed by atoms with E-state index in [-0.39, 0.29) is 35.7 Å². The molecule has 0 radical (unpaired) electrons. The highest BCUT2D eigenvalue weighted by molar-refractivity contribution is 6.07. The van der Waals surface area contributed by atoms with Crippen LogP contribution in [0.15, 0.2) is 54.7 Å². The number of ether oxygens (including phenoxy) is 2. The molecule has 2 fully saturated rings. The van der Waals surface area contributed by atoms with E-state index in [2.05, 4.69) is 57.0 Å². The highest BCUT2D eigenvalue weighted by atomic mass is 16.5. The van der Waals surface area contributed by atoms with Crippen LogP contribution in [0.1, 0.15) is 90.0 Å². The lowest BCUT2D eigenvalue weighted by Crippen LogP contribution is -2.53. The third-order valence-corrected chi connectivity index (χ3v) is 12.1. The summed E-state index contributed by atoms with van der Waals surface area (Å²) in [5, 5.41) is 9.44. The molecule has 0 aliphatic carbocycles. The average molecular weight is 816 g/mol. The summed E-state index contributed by atoms with van der Waals surface area (Å²) in [5.74, 6) is 0.924. The van der Waals surface area contributed by atoms with Crippen molar-refractivity contribution in [2.24, 2.45) is 11.8 Å². The van der Waals surface area contributed by atoms with E-state index in [0.717, 1.165) is 105 Å². The van der Waals surface area contributed by atoms with Gasteiger partial charge in [0.2, 0.25) is 11.8 Å². The van der Waals surface area contributed by atoms with Gasteiger partial charge in [0.15, 0.2) is 0 Å². The van der Waals surface area contributed by atoms with Crippen molar-refractivity contribution in [1.82, 2.24) is 45.4 Å². The molecular formula is C45H53N9O6. The Kier molecular flexibility index (Phi) is 11.3. The van der Waals surface area contributed by atoms with Gasteiger partial charge < -0.3 is 39.9 Å². The third-order valence-electron chi connectivity index (χ3n) is 12.1. The highest BCUT2D eigenvalue weighted by Gasteiger charge is 2.38. The van der Waals surface area contributed by atoms with Crippen LogP contribution in [0.25, 0.3) is 54.9 Å². The molecule has 60 heavy (non-hydrogen) atoms. The van der Waals surface area contributed by atoms with Gasteiger partial charge in [-0.2, -0.15) is 0 Å². The molecule has 8 rings (SSSR count). The van der Waals surface area contributed by atoms with Crippen molar-refractivity contribution in [3.05, 3.63) is 66.4 Å². The number of aromatic amines is 2. The van der Waals surface area contributed by atoms with Gasteiger partial charge in [0.25, 0.3) is 0 Å². The number of hydrogen-bond acceptors (Lipinski definition) is 9. The second kappa shape index (κ2) is 16.8. The molecule has 0 bridgehead atoms. The maximum absolute atomic E-state index is 13.9. The van der Waals surface area contributed by atoms with E-state index in [4.69, 9.17) is 24.4 Å². The second-order valence-electron chi connectivity index (χ2n) is 16.7. The van der Waals surface area contributed by atoms with Crippen LogP contribution in [-0.4, -0.2) is 98.1 Å². The number of rotatable bonds is 9. The summed E-state index contributed by atoms with van der Waals surface area (Å²) in [6.07, 6.45) is 5.84. The van der Waals surface area contributed by atoms with Crippen LogP contribution in [0, 0.1) is 11.8 Å². The Labute approximate surface area is 348 Å². The summed E-state index contributed by atoms with van der Waals surface area (Å²) in [5.41, 5.74) is 5.18. The molecular weight excluding hydrogens is 763 g/mol. The maximum atomic E-state index is 13.9. The van der Waals surface area contributed by atoms with E-state index < -0.39 is 24.3 Å². The van der Waals surface area contributed by atoms with Crippen molar-refractivity contribution >= 4 is 67.6 Å². The van der Waals surface area contributed by atoms with Gasteiger partial charge in [-0.15, -0.1) is 0 Å². The van der Waals surface area contributed by atoms with Gasteiger partial charge in [0, 0.05) is 35.6 Å². The molecule has 3 aromatic heterocycles. The van der Waals surface area contributed by atoms with Crippen molar-refractivity contribution in [3.63, 3.8) is 0 Å². The number of nitrogens with one attached hydrogen (secondary N) is 4. The summed E-state index contributed by atoms with van der Waals surface area (Å²) < 4.78 is 9.62. The summed E-state index contributed by atoms with van der Waals surface area (Å²) in [6, 6.07) is 14.6. The lowest BCUT2D eigenvalue weighted by molar-refractivity contribution is -0.139. The first kappa shape index (κ1) is 40.5. The molecule has 5 heterocycles. The molecule has 4 atom stereocenters. The Morgan fingerprint density at radius 3 is 1.67 bits per heavy atom.